The Hall–Kier alpha value is -5.07. The zero-order chi connectivity index (χ0) is 33.8. The SMILES string of the molecule is C[C@@H]1C/C=C\[C@H](C)NC(=O)c2c(OCc3ccccc3)c(=O)c(C(=O)NCc3c(F)cc(F)cc3F)cn2N1C(=O)OC(C)(C)C. The Bertz CT molecular complexity index is 1700. The minimum absolute atomic E-state index is 0.190. The highest BCUT2D eigenvalue weighted by Crippen LogP contribution is 2.23. The Kier molecular flexibility index (Phi) is 10.2. The zero-order valence-electron chi connectivity index (χ0n) is 26.0. The Balaban J connectivity index is 1.91. The number of rotatable bonds is 6. The largest absolute Gasteiger partial charge is 0.482 e. The second-order valence-electron chi connectivity index (χ2n) is 11.8. The van der Waals surface area contributed by atoms with Gasteiger partial charge in [-0.1, -0.05) is 42.5 Å². The summed E-state index contributed by atoms with van der Waals surface area (Å²) in [6, 6.07) is 8.47. The standard InChI is InChI=1S/C33H35F3N4O6/c1-19-10-9-11-20(2)40(32(44)46-33(3,4)5)39-17-24(30(42)37-16-23-25(35)14-22(34)15-26(23)36)28(41)29(27(39)31(43)38-19)45-18-21-12-7-6-8-13-21/h6-10,12-15,17,19-20H,11,16,18H2,1-5H3,(H,37,42)(H,38,43)/b10-9-/t19-,20+/m0/s1. The van der Waals surface area contributed by atoms with Gasteiger partial charge in [-0.05, 0) is 46.6 Å². The zero-order valence-corrected chi connectivity index (χ0v) is 26.0. The van der Waals surface area contributed by atoms with Gasteiger partial charge < -0.3 is 20.1 Å². The van der Waals surface area contributed by atoms with Gasteiger partial charge >= 0.3 is 6.09 Å². The Labute approximate surface area is 263 Å². The van der Waals surface area contributed by atoms with E-state index in [1.54, 1.807) is 77.1 Å². The van der Waals surface area contributed by atoms with Gasteiger partial charge in [0.25, 0.3) is 11.8 Å². The van der Waals surface area contributed by atoms with Crippen molar-refractivity contribution >= 4 is 17.9 Å². The van der Waals surface area contributed by atoms with E-state index < -0.39 is 81.9 Å². The average molecular weight is 641 g/mol. The van der Waals surface area contributed by atoms with Gasteiger partial charge in [0.1, 0.15) is 35.2 Å². The predicted molar refractivity (Wildman–Crippen MR) is 164 cm³/mol. The third kappa shape index (κ3) is 7.95. The summed E-state index contributed by atoms with van der Waals surface area (Å²) in [5.41, 5.74) is -2.98. The van der Waals surface area contributed by atoms with Gasteiger partial charge in [0, 0.05) is 36.5 Å². The molecule has 2 N–H and O–H groups in total. The van der Waals surface area contributed by atoms with Crippen LogP contribution in [-0.4, -0.2) is 40.3 Å². The number of pyridine rings is 1. The molecule has 0 saturated carbocycles. The third-order valence-corrected chi connectivity index (χ3v) is 6.85. The van der Waals surface area contributed by atoms with Crippen LogP contribution in [-0.2, 0) is 17.9 Å². The Morgan fingerprint density at radius 2 is 1.70 bits per heavy atom. The van der Waals surface area contributed by atoms with E-state index in [0.717, 1.165) is 15.9 Å². The van der Waals surface area contributed by atoms with E-state index in [9.17, 15) is 32.3 Å². The highest BCUT2D eigenvalue weighted by molar-refractivity contribution is 5.99. The molecule has 2 heterocycles. The van der Waals surface area contributed by atoms with E-state index >= 15 is 0 Å². The van der Waals surface area contributed by atoms with Gasteiger partial charge in [-0.25, -0.2) is 27.7 Å². The number of fused-ring (bicyclic) bond motifs is 1. The van der Waals surface area contributed by atoms with Crippen LogP contribution in [0.5, 0.6) is 5.75 Å². The number of ether oxygens (including phenoxy) is 2. The molecule has 2 atom stereocenters. The molecule has 1 aromatic heterocycles. The van der Waals surface area contributed by atoms with Gasteiger partial charge in [-0.3, -0.25) is 14.4 Å². The van der Waals surface area contributed by atoms with E-state index in [0.29, 0.717) is 17.7 Å². The first-order chi connectivity index (χ1) is 21.7. The minimum Gasteiger partial charge on any atom is -0.482 e. The van der Waals surface area contributed by atoms with Crippen molar-refractivity contribution in [1.82, 2.24) is 15.3 Å². The van der Waals surface area contributed by atoms with Crippen molar-refractivity contribution in [2.24, 2.45) is 0 Å². The molecule has 3 amide bonds. The number of hydrogen-bond donors (Lipinski definition) is 2. The van der Waals surface area contributed by atoms with Crippen LogP contribution in [0.4, 0.5) is 18.0 Å². The molecule has 0 spiro atoms. The molecule has 0 unspecified atom stereocenters. The number of hydrogen-bond acceptors (Lipinski definition) is 6. The van der Waals surface area contributed by atoms with Crippen LogP contribution < -0.4 is 25.8 Å². The van der Waals surface area contributed by atoms with Crippen LogP contribution in [0.3, 0.4) is 0 Å². The summed E-state index contributed by atoms with van der Waals surface area (Å²) in [5.74, 6) is -6.06. The molecule has 0 radical (unpaired) electrons. The summed E-state index contributed by atoms with van der Waals surface area (Å²) in [4.78, 5) is 54.9. The number of nitrogens with one attached hydrogen (secondary N) is 2. The van der Waals surface area contributed by atoms with Crippen LogP contribution in [0.25, 0.3) is 0 Å². The lowest BCUT2D eigenvalue weighted by molar-refractivity contribution is 0.0516. The number of carbonyl (C=O) groups excluding carboxylic acids is 3. The summed E-state index contributed by atoms with van der Waals surface area (Å²) < 4.78 is 54.7. The number of carbonyl (C=O) groups is 3. The maximum Gasteiger partial charge on any atom is 0.429 e. The van der Waals surface area contributed by atoms with Crippen LogP contribution in [0.1, 0.15) is 73.0 Å². The number of nitrogens with zero attached hydrogens (tertiary/aromatic N) is 2. The molecule has 0 aliphatic carbocycles. The average Bonchev–Trinajstić information content (AvgIpc) is 2.95. The fraction of sp³-hybridized carbons (Fsp3) is 0.333. The second kappa shape index (κ2) is 13.9. The predicted octanol–water partition coefficient (Wildman–Crippen LogP) is 5.11. The molecule has 2 aromatic carbocycles. The van der Waals surface area contributed by atoms with E-state index in [-0.39, 0.29) is 18.7 Å². The van der Waals surface area contributed by atoms with Crippen molar-refractivity contribution in [3.8, 4) is 5.75 Å². The second-order valence-corrected chi connectivity index (χ2v) is 11.8. The molecule has 4 rings (SSSR count). The molecule has 0 bridgehead atoms. The van der Waals surface area contributed by atoms with Gasteiger partial charge in [-0.15, -0.1) is 0 Å². The smallest absolute Gasteiger partial charge is 0.429 e. The first kappa shape index (κ1) is 33.8. The summed E-state index contributed by atoms with van der Waals surface area (Å²) in [7, 11) is 0. The summed E-state index contributed by atoms with van der Waals surface area (Å²) in [5, 5.41) is 6.11. The maximum absolute atomic E-state index is 14.3. The number of halogens is 3. The van der Waals surface area contributed by atoms with Crippen molar-refractivity contribution in [3.63, 3.8) is 0 Å². The van der Waals surface area contributed by atoms with Crippen molar-refractivity contribution < 1.29 is 37.0 Å². The fourth-order valence-electron chi connectivity index (χ4n) is 4.68. The van der Waals surface area contributed by atoms with E-state index in [4.69, 9.17) is 9.47 Å². The van der Waals surface area contributed by atoms with Crippen molar-refractivity contribution in [1.29, 1.82) is 0 Å². The quantitative estimate of drug-likeness (QED) is 0.362. The molecule has 0 saturated heterocycles. The summed E-state index contributed by atoms with van der Waals surface area (Å²) in [6.45, 7) is 7.42. The number of benzene rings is 2. The van der Waals surface area contributed by atoms with Crippen LogP contribution in [0.15, 0.2) is 65.6 Å². The normalized spacial score (nSPS) is 17.4. The third-order valence-electron chi connectivity index (χ3n) is 6.85. The molecule has 1 aliphatic heterocycles. The van der Waals surface area contributed by atoms with Crippen molar-refractivity contribution in [3.05, 3.63) is 111 Å². The lowest BCUT2D eigenvalue weighted by Gasteiger charge is -2.35. The van der Waals surface area contributed by atoms with Crippen molar-refractivity contribution in [2.45, 2.75) is 71.9 Å². The van der Waals surface area contributed by atoms with Crippen LogP contribution in [0, 0.1) is 17.5 Å². The molecule has 0 fully saturated rings. The minimum atomic E-state index is -1.24. The Morgan fingerprint density at radius 1 is 1.04 bits per heavy atom. The molecule has 1 aliphatic rings. The van der Waals surface area contributed by atoms with Gasteiger partial charge in [-0.2, -0.15) is 0 Å². The lowest BCUT2D eigenvalue weighted by atomic mass is 10.1. The monoisotopic (exact) mass is 640 g/mol. The highest BCUT2D eigenvalue weighted by atomic mass is 19.1. The van der Waals surface area contributed by atoms with Crippen LogP contribution in [0.2, 0.25) is 0 Å². The van der Waals surface area contributed by atoms with Gasteiger partial charge in [0.15, 0.2) is 11.4 Å². The van der Waals surface area contributed by atoms with E-state index in [2.05, 4.69) is 10.6 Å². The van der Waals surface area contributed by atoms with E-state index in [1.165, 1.54) is 0 Å². The van der Waals surface area contributed by atoms with Gasteiger partial charge in [0.2, 0.25) is 5.43 Å². The molecule has 244 valence electrons. The van der Waals surface area contributed by atoms with Crippen molar-refractivity contribution in [2.75, 3.05) is 5.01 Å². The molecular weight excluding hydrogens is 605 g/mol. The first-order valence-corrected chi connectivity index (χ1v) is 14.5. The molecular formula is C33H35F3N4O6. The number of amides is 3. The summed E-state index contributed by atoms with van der Waals surface area (Å²) in [6.07, 6.45) is 3.88. The molecule has 10 nitrogen and oxygen atoms in total. The first-order valence-electron chi connectivity index (χ1n) is 14.5. The lowest BCUT2D eigenvalue weighted by Crippen LogP contribution is -2.52. The fourth-order valence-corrected chi connectivity index (χ4v) is 4.68. The van der Waals surface area contributed by atoms with Gasteiger partial charge in [0.05, 0.1) is 6.04 Å². The maximum atomic E-state index is 14.3. The van der Waals surface area contributed by atoms with Crippen LogP contribution >= 0.6 is 0 Å². The topological polar surface area (TPSA) is 119 Å². The highest BCUT2D eigenvalue weighted by Gasteiger charge is 2.35. The molecule has 3 aromatic rings. The summed E-state index contributed by atoms with van der Waals surface area (Å²) >= 11 is 0. The molecule has 13 heteroatoms. The van der Waals surface area contributed by atoms with E-state index in [1.807, 2.05) is 0 Å². The molecule has 46 heavy (non-hydrogen) atoms. The Morgan fingerprint density at radius 3 is 2.33 bits per heavy atom. The number of aromatic nitrogens is 1.